The predicted molar refractivity (Wildman–Crippen MR) is 93.6 cm³/mol. The number of hydrogen-bond acceptors (Lipinski definition) is 2. The molecule has 1 atom stereocenters. The first-order valence-electron chi connectivity index (χ1n) is 8.35. The van der Waals surface area contributed by atoms with Crippen molar-refractivity contribution in [3.63, 3.8) is 0 Å². The third-order valence-corrected chi connectivity index (χ3v) is 5.03. The van der Waals surface area contributed by atoms with Crippen molar-refractivity contribution in [2.75, 3.05) is 20.1 Å². The van der Waals surface area contributed by atoms with Crippen LogP contribution >= 0.6 is 11.6 Å². The van der Waals surface area contributed by atoms with Crippen LogP contribution in [0.1, 0.15) is 37.8 Å². The van der Waals surface area contributed by atoms with Crippen LogP contribution in [0.3, 0.4) is 0 Å². The number of carbonyl (C=O) groups excluding carboxylic acids is 2. The molecule has 0 radical (unpaired) electrons. The Morgan fingerprint density at radius 3 is 2.71 bits per heavy atom. The van der Waals surface area contributed by atoms with Crippen molar-refractivity contribution in [3.8, 4) is 0 Å². The lowest BCUT2D eigenvalue weighted by Crippen LogP contribution is -2.45. The van der Waals surface area contributed by atoms with Crippen LogP contribution in [0.2, 0.25) is 5.02 Å². The van der Waals surface area contributed by atoms with Crippen LogP contribution in [0, 0.1) is 0 Å². The number of benzene rings is 1. The third kappa shape index (κ3) is 2.88. The van der Waals surface area contributed by atoms with Crippen molar-refractivity contribution in [1.29, 1.82) is 0 Å². The van der Waals surface area contributed by atoms with Gasteiger partial charge in [0.05, 0.1) is 23.9 Å². The molecule has 0 bridgehead atoms. The molecule has 0 fully saturated rings. The van der Waals surface area contributed by atoms with E-state index in [4.69, 9.17) is 11.6 Å². The monoisotopic (exact) mass is 347 g/mol. The van der Waals surface area contributed by atoms with Gasteiger partial charge in [-0.2, -0.15) is 0 Å². The zero-order chi connectivity index (χ0) is 17.3. The second-order valence-corrected chi connectivity index (χ2v) is 6.66. The number of nitrogens with one attached hydrogen (secondary N) is 1. The lowest BCUT2D eigenvalue weighted by Gasteiger charge is -2.31. The first-order chi connectivity index (χ1) is 11.5. The van der Waals surface area contributed by atoms with Crippen LogP contribution in [-0.4, -0.2) is 41.9 Å². The Kier molecular flexibility index (Phi) is 4.81. The van der Waals surface area contributed by atoms with E-state index in [0.29, 0.717) is 17.1 Å². The second kappa shape index (κ2) is 6.85. The summed E-state index contributed by atoms with van der Waals surface area (Å²) in [7, 11) is 1.70. The topological polar surface area (TPSA) is 52.7 Å². The quantitative estimate of drug-likeness (QED) is 0.831. The number of carbonyl (C=O) groups is 2. The molecule has 1 unspecified atom stereocenters. The summed E-state index contributed by atoms with van der Waals surface area (Å²) in [6.07, 6.45) is 3.18. The summed E-state index contributed by atoms with van der Waals surface area (Å²) in [5, 5.41) is 3.46. The van der Waals surface area contributed by atoms with E-state index in [2.05, 4.69) is 12.2 Å². The van der Waals surface area contributed by atoms with E-state index in [1.807, 2.05) is 23.1 Å². The van der Waals surface area contributed by atoms with Crippen LogP contribution in [0.15, 0.2) is 35.5 Å². The molecular weight excluding hydrogens is 326 g/mol. The minimum absolute atomic E-state index is 0.00197. The molecule has 128 valence electrons. The molecule has 2 aliphatic heterocycles. The van der Waals surface area contributed by atoms with Gasteiger partial charge < -0.3 is 10.2 Å². The van der Waals surface area contributed by atoms with Crippen LogP contribution in [0.25, 0.3) is 0 Å². The molecule has 3 amide bonds. The summed E-state index contributed by atoms with van der Waals surface area (Å²) >= 11 is 6.31. The zero-order valence-corrected chi connectivity index (χ0v) is 14.8. The Morgan fingerprint density at radius 1 is 1.25 bits per heavy atom. The smallest absolute Gasteiger partial charge is 0.322 e. The molecule has 6 heteroatoms. The molecule has 5 nitrogen and oxygen atoms in total. The number of amides is 3. The van der Waals surface area contributed by atoms with E-state index in [1.54, 1.807) is 18.0 Å². The van der Waals surface area contributed by atoms with Gasteiger partial charge >= 0.3 is 6.03 Å². The Hall–Kier alpha value is -2.01. The van der Waals surface area contributed by atoms with Crippen LogP contribution < -0.4 is 5.32 Å². The van der Waals surface area contributed by atoms with Gasteiger partial charge in [0, 0.05) is 18.6 Å². The second-order valence-electron chi connectivity index (χ2n) is 6.26. The van der Waals surface area contributed by atoms with Gasteiger partial charge in [-0.1, -0.05) is 49.6 Å². The predicted octanol–water partition coefficient (Wildman–Crippen LogP) is 3.32. The maximum absolute atomic E-state index is 12.9. The summed E-state index contributed by atoms with van der Waals surface area (Å²) in [6.45, 7) is 3.35. The van der Waals surface area contributed by atoms with Crippen molar-refractivity contribution in [3.05, 3.63) is 46.1 Å². The molecule has 1 N–H and O–H groups in total. The molecule has 0 spiro atoms. The highest BCUT2D eigenvalue weighted by molar-refractivity contribution is 6.31. The Labute approximate surface area is 147 Å². The Bertz CT molecular complexity index is 701. The lowest BCUT2D eigenvalue weighted by molar-refractivity contribution is -0.125. The van der Waals surface area contributed by atoms with Crippen LogP contribution in [0.5, 0.6) is 0 Å². The minimum Gasteiger partial charge on any atom is -0.333 e. The van der Waals surface area contributed by atoms with Crippen LogP contribution in [-0.2, 0) is 4.79 Å². The number of likely N-dealkylation sites (N-methyl/N-ethyl adjacent to an activating group) is 1. The first-order valence-corrected chi connectivity index (χ1v) is 8.73. The summed E-state index contributed by atoms with van der Waals surface area (Å²) in [6, 6.07) is 6.65. The van der Waals surface area contributed by atoms with Crippen molar-refractivity contribution in [1.82, 2.24) is 15.1 Å². The van der Waals surface area contributed by atoms with Gasteiger partial charge in [-0.3, -0.25) is 9.69 Å². The van der Waals surface area contributed by atoms with E-state index in [9.17, 15) is 9.59 Å². The summed E-state index contributed by atoms with van der Waals surface area (Å²) in [4.78, 5) is 28.6. The maximum atomic E-state index is 12.9. The van der Waals surface area contributed by atoms with Gasteiger partial charge in [0.2, 0.25) is 0 Å². The molecule has 0 saturated carbocycles. The summed E-state index contributed by atoms with van der Waals surface area (Å²) < 4.78 is 0. The van der Waals surface area contributed by atoms with Gasteiger partial charge in [-0.05, 0) is 18.1 Å². The molecule has 0 aliphatic carbocycles. The Balaban J connectivity index is 1.93. The number of rotatable bonds is 5. The van der Waals surface area contributed by atoms with Crippen molar-refractivity contribution in [2.24, 2.45) is 0 Å². The maximum Gasteiger partial charge on any atom is 0.322 e. The van der Waals surface area contributed by atoms with Gasteiger partial charge in [-0.25, -0.2) is 4.79 Å². The highest BCUT2D eigenvalue weighted by Gasteiger charge is 2.43. The first kappa shape index (κ1) is 16.8. The highest BCUT2D eigenvalue weighted by atomic mass is 35.5. The molecular formula is C18H22ClN3O2. The molecule has 1 aromatic carbocycles. The van der Waals surface area contributed by atoms with Crippen LogP contribution in [0.4, 0.5) is 4.79 Å². The van der Waals surface area contributed by atoms with E-state index < -0.39 is 6.04 Å². The van der Waals surface area contributed by atoms with Gasteiger partial charge in [0.1, 0.15) is 0 Å². The van der Waals surface area contributed by atoms with E-state index in [1.165, 1.54) is 0 Å². The fraction of sp³-hybridized carbons (Fsp3) is 0.444. The van der Waals surface area contributed by atoms with Gasteiger partial charge in [-0.15, -0.1) is 0 Å². The van der Waals surface area contributed by atoms with Gasteiger partial charge in [0.25, 0.3) is 5.91 Å². The zero-order valence-electron chi connectivity index (χ0n) is 14.0. The molecule has 0 saturated heterocycles. The summed E-state index contributed by atoms with van der Waals surface area (Å²) in [5.41, 5.74) is 2.18. The van der Waals surface area contributed by atoms with E-state index in [0.717, 1.165) is 37.1 Å². The number of nitrogens with zero attached hydrogens (tertiary/aromatic N) is 2. The average molecular weight is 348 g/mol. The third-order valence-electron chi connectivity index (χ3n) is 4.68. The number of halogens is 1. The van der Waals surface area contributed by atoms with Crippen molar-refractivity contribution in [2.45, 2.75) is 32.2 Å². The normalized spacial score (nSPS) is 20.5. The number of unbranched alkanes of at least 4 members (excludes halogenated alkanes) is 2. The average Bonchev–Trinajstić information content (AvgIpc) is 2.89. The van der Waals surface area contributed by atoms with Gasteiger partial charge in [0.15, 0.2) is 0 Å². The summed E-state index contributed by atoms with van der Waals surface area (Å²) in [5.74, 6) is -0.00197. The number of hydrogen-bond donors (Lipinski definition) is 1. The molecule has 3 rings (SSSR count). The lowest BCUT2D eigenvalue weighted by atomic mass is 9.95. The molecule has 24 heavy (non-hydrogen) atoms. The molecule has 1 aromatic rings. The fourth-order valence-electron chi connectivity index (χ4n) is 3.30. The minimum atomic E-state index is -0.485. The largest absolute Gasteiger partial charge is 0.333 e. The van der Waals surface area contributed by atoms with E-state index in [-0.39, 0.29) is 11.9 Å². The highest BCUT2D eigenvalue weighted by Crippen LogP contribution is 2.37. The SMILES string of the molecule is CCCCCN1CC2=C(C1=O)C(c1ccccc1Cl)NC(=O)N2C. The number of urea groups is 1. The standard InChI is InChI=1S/C18H22ClN3O2/c1-3-4-7-10-22-11-14-15(17(22)23)16(20-18(24)21(14)2)12-8-5-6-9-13(12)19/h5-6,8-9,16H,3-4,7,10-11H2,1-2H3,(H,20,24). The van der Waals surface area contributed by atoms with Crippen molar-refractivity contribution >= 4 is 23.5 Å². The fourth-order valence-corrected chi connectivity index (χ4v) is 3.54. The molecule has 0 aromatic heterocycles. The molecule has 2 aliphatic rings. The Morgan fingerprint density at radius 2 is 2.00 bits per heavy atom. The van der Waals surface area contributed by atoms with E-state index >= 15 is 0 Å². The molecule has 2 heterocycles. The van der Waals surface area contributed by atoms with Crippen molar-refractivity contribution < 1.29 is 9.59 Å².